The summed E-state index contributed by atoms with van der Waals surface area (Å²) >= 11 is 0. The first-order chi connectivity index (χ1) is 6.35. The molecule has 5 nitrogen and oxygen atoms in total. The zero-order valence-electron chi connectivity index (χ0n) is 6.71. The minimum absolute atomic E-state index is 0.211. The number of aliphatic hydroxyl groups excluding tert-OH is 1. The molecule has 13 heavy (non-hydrogen) atoms. The number of carbonyl (C=O) groups is 1. The average molecular weight is 177 g/mol. The molecule has 0 unspecified atom stereocenters. The Bertz CT molecular complexity index is 450. The molecule has 0 amide bonds. The van der Waals surface area contributed by atoms with Gasteiger partial charge in [-0.25, -0.2) is 4.68 Å². The van der Waals surface area contributed by atoms with E-state index in [2.05, 4.69) is 10.3 Å². The lowest BCUT2D eigenvalue weighted by Crippen LogP contribution is -1.98. The maximum atomic E-state index is 10.4. The molecule has 0 spiro atoms. The predicted octanol–water partition coefficient (Wildman–Crippen LogP) is 0.194. The van der Waals surface area contributed by atoms with Crippen LogP contribution in [0.5, 0.6) is 0 Å². The number of hydrogen-bond acceptors (Lipinski definition) is 4. The van der Waals surface area contributed by atoms with Gasteiger partial charge in [0.1, 0.15) is 18.5 Å². The van der Waals surface area contributed by atoms with Gasteiger partial charge in [-0.15, -0.1) is 5.10 Å². The Morgan fingerprint density at radius 1 is 1.54 bits per heavy atom. The van der Waals surface area contributed by atoms with Crippen LogP contribution in [0.15, 0.2) is 18.2 Å². The third kappa shape index (κ3) is 1.19. The maximum Gasteiger partial charge on any atom is 0.150 e. The van der Waals surface area contributed by atoms with Gasteiger partial charge in [-0.2, -0.15) is 0 Å². The third-order valence-corrected chi connectivity index (χ3v) is 1.81. The van der Waals surface area contributed by atoms with Crippen LogP contribution >= 0.6 is 0 Å². The van der Waals surface area contributed by atoms with Gasteiger partial charge in [-0.05, 0) is 18.2 Å². The molecule has 1 aromatic carbocycles. The molecule has 1 heterocycles. The van der Waals surface area contributed by atoms with E-state index >= 15 is 0 Å². The van der Waals surface area contributed by atoms with Gasteiger partial charge in [0.05, 0.1) is 5.52 Å². The van der Waals surface area contributed by atoms with Crippen molar-refractivity contribution in [3.8, 4) is 0 Å². The second-order valence-corrected chi connectivity index (χ2v) is 2.60. The standard InChI is InChI=1S/C8H7N3O2/c12-4-6-1-2-8-7(3-6)9-10-11(8)5-13/h1-4,13H,5H2. The highest BCUT2D eigenvalue weighted by molar-refractivity contribution is 5.84. The van der Waals surface area contributed by atoms with Crippen LogP contribution in [0.1, 0.15) is 10.4 Å². The Morgan fingerprint density at radius 2 is 2.38 bits per heavy atom. The summed E-state index contributed by atoms with van der Waals surface area (Å²) in [6.45, 7) is -0.211. The largest absolute Gasteiger partial charge is 0.374 e. The average Bonchev–Trinajstić information content (AvgIpc) is 2.59. The van der Waals surface area contributed by atoms with Crippen molar-refractivity contribution in [2.75, 3.05) is 0 Å². The Balaban J connectivity index is 2.67. The number of aldehydes is 1. The first-order valence-electron chi connectivity index (χ1n) is 3.74. The molecular weight excluding hydrogens is 170 g/mol. The number of rotatable bonds is 2. The summed E-state index contributed by atoms with van der Waals surface area (Å²) in [5.74, 6) is 0. The molecule has 1 N–H and O–H groups in total. The van der Waals surface area contributed by atoms with Gasteiger partial charge in [0, 0.05) is 5.56 Å². The Kier molecular flexibility index (Phi) is 1.79. The fraction of sp³-hybridized carbons (Fsp3) is 0.125. The van der Waals surface area contributed by atoms with Crippen LogP contribution < -0.4 is 0 Å². The number of carbonyl (C=O) groups excluding carboxylic acids is 1. The molecule has 0 aliphatic carbocycles. The van der Waals surface area contributed by atoms with Crippen molar-refractivity contribution in [3.05, 3.63) is 23.8 Å². The van der Waals surface area contributed by atoms with Crippen molar-refractivity contribution in [2.24, 2.45) is 0 Å². The molecule has 0 bridgehead atoms. The molecule has 0 saturated carbocycles. The number of hydrogen-bond donors (Lipinski definition) is 1. The van der Waals surface area contributed by atoms with Crippen LogP contribution in [0.25, 0.3) is 11.0 Å². The second-order valence-electron chi connectivity index (χ2n) is 2.60. The third-order valence-electron chi connectivity index (χ3n) is 1.81. The maximum absolute atomic E-state index is 10.4. The molecule has 5 heteroatoms. The number of aliphatic hydroxyl groups is 1. The van der Waals surface area contributed by atoms with Crippen molar-refractivity contribution < 1.29 is 9.90 Å². The highest BCUT2D eigenvalue weighted by Crippen LogP contribution is 2.11. The van der Waals surface area contributed by atoms with Gasteiger partial charge >= 0.3 is 0 Å². The minimum atomic E-state index is -0.211. The molecule has 66 valence electrons. The molecular formula is C8H7N3O2. The Morgan fingerprint density at radius 3 is 3.08 bits per heavy atom. The topological polar surface area (TPSA) is 68.0 Å². The summed E-state index contributed by atoms with van der Waals surface area (Å²) in [6.07, 6.45) is 0.747. The van der Waals surface area contributed by atoms with Crippen molar-refractivity contribution in [2.45, 2.75) is 6.73 Å². The first kappa shape index (κ1) is 7.88. The highest BCUT2D eigenvalue weighted by Gasteiger charge is 2.03. The smallest absolute Gasteiger partial charge is 0.150 e. The summed E-state index contributed by atoms with van der Waals surface area (Å²) < 4.78 is 1.35. The lowest BCUT2D eigenvalue weighted by atomic mass is 10.2. The molecule has 2 aromatic rings. The molecule has 0 radical (unpaired) electrons. The van der Waals surface area contributed by atoms with Crippen molar-refractivity contribution in [3.63, 3.8) is 0 Å². The van der Waals surface area contributed by atoms with E-state index in [4.69, 9.17) is 5.11 Å². The Labute approximate surface area is 73.6 Å². The van der Waals surface area contributed by atoms with Gasteiger partial charge in [-0.1, -0.05) is 5.21 Å². The molecule has 2 rings (SSSR count). The van der Waals surface area contributed by atoms with Crippen LogP contribution in [0.3, 0.4) is 0 Å². The molecule has 0 aliphatic rings. The number of nitrogens with zero attached hydrogens (tertiary/aromatic N) is 3. The molecule has 0 saturated heterocycles. The summed E-state index contributed by atoms with van der Waals surface area (Å²) in [4.78, 5) is 10.4. The normalized spacial score (nSPS) is 10.5. The van der Waals surface area contributed by atoms with E-state index in [-0.39, 0.29) is 6.73 Å². The van der Waals surface area contributed by atoms with E-state index in [0.29, 0.717) is 16.6 Å². The molecule has 0 fully saturated rings. The fourth-order valence-corrected chi connectivity index (χ4v) is 1.17. The van der Waals surface area contributed by atoms with E-state index in [1.54, 1.807) is 18.2 Å². The fourth-order valence-electron chi connectivity index (χ4n) is 1.17. The van der Waals surface area contributed by atoms with Crippen molar-refractivity contribution in [1.29, 1.82) is 0 Å². The number of fused-ring (bicyclic) bond motifs is 1. The van der Waals surface area contributed by atoms with Gasteiger partial charge in [0.25, 0.3) is 0 Å². The summed E-state index contributed by atoms with van der Waals surface area (Å²) in [5, 5.41) is 16.3. The van der Waals surface area contributed by atoms with E-state index in [1.165, 1.54) is 4.68 Å². The van der Waals surface area contributed by atoms with Crippen LogP contribution in [-0.2, 0) is 6.73 Å². The van der Waals surface area contributed by atoms with Crippen molar-refractivity contribution >= 4 is 17.3 Å². The minimum Gasteiger partial charge on any atom is -0.374 e. The lowest BCUT2D eigenvalue weighted by Gasteiger charge is -1.94. The SMILES string of the molecule is O=Cc1ccc2c(c1)nnn2CO. The van der Waals surface area contributed by atoms with Crippen LogP contribution in [0.4, 0.5) is 0 Å². The Hall–Kier alpha value is -1.75. The zero-order valence-corrected chi connectivity index (χ0v) is 6.71. The summed E-state index contributed by atoms with van der Waals surface area (Å²) in [5.41, 5.74) is 1.88. The van der Waals surface area contributed by atoms with Crippen LogP contribution in [0.2, 0.25) is 0 Å². The molecule has 1 aromatic heterocycles. The van der Waals surface area contributed by atoms with Crippen molar-refractivity contribution in [1.82, 2.24) is 15.0 Å². The first-order valence-corrected chi connectivity index (χ1v) is 3.74. The van der Waals surface area contributed by atoms with E-state index in [1.807, 2.05) is 0 Å². The zero-order chi connectivity index (χ0) is 9.26. The van der Waals surface area contributed by atoms with Gasteiger partial charge in [0.2, 0.25) is 0 Å². The van der Waals surface area contributed by atoms with E-state index in [9.17, 15) is 4.79 Å². The van der Waals surface area contributed by atoms with E-state index in [0.717, 1.165) is 6.29 Å². The van der Waals surface area contributed by atoms with Gasteiger partial charge in [0.15, 0.2) is 0 Å². The molecule has 0 atom stereocenters. The van der Waals surface area contributed by atoms with Gasteiger partial charge < -0.3 is 5.11 Å². The summed E-state index contributed by atoms with van der Waals surface area (Å²) in [7, 11) is 0. The highest BCUT2D eigenvalue weighted by atomic mass is 16.3. The second kappa shape index (κ2) is 2.95. The number of aromatic nitrogens is 3. The van der Waals surface area contributed by atoms with Crippen LogP contribution in [-0.4, -0.2) is 26.4 Å². The summed E-state index contributed by atoms with van der Waals surface area (Å²) in [6, 6.07) is 4.99. The van der Waals surface area contributed by atoms with E-state index < -0.39 is 0 Å². The molecule has 0 aliphatic heterocycles. The monoisotopic (exact) mass is 177 g/mol. The quantitative estimate of drug-likeness (QED) is 0.665. The predicted molar refractivity (Wildman–Crippen MR) is 45.1 cm³/mol. The van der Waals surface area contributed by atoms with Crippen LogP contribution in [0, 0.1) is 0 Å². The van der Waals surface area contributed by atoms with Gasteiger partial charge in [-0.3, -0.25) is 4.79 Å². The lowest BCUT2D eigenvalue weighted by molar-refractivity contribution is 0.112. The number of benzene rings is 1.